The van der Waals surface area contributed by atoms with Crippen molar-refractivity contribution in [2.45, 2.75) is 32.7 Å². The molecule has 1 saturated heterocycles. The van der Waals surface area contributed by atoms with E-state index in [-0.39, 0.29) is 11.8 Å². The summed E-state index contributed by atoms with van der Waals surface area (Å²) >= 11 is 0. The molecule has 6 nitrogen and oxygen atoms in total. The zero-order chi connectivity index (χ0) is 20.6. The van der Waals surface area contributed by atoms with Gasteiger partial charge in [-0.1, -0.05) is 18.2 Å². The number of nitrogens with zero attached hydrogens (tertiary/aromatic N) is 2. The van der Waals surface area contributed by atoms with E-state index in [1.807, 2.05) is 11.9 Å². The Hall–Kier alpha value is -2.86. The Kier molecular flexibility index (Phi) is 7.25. The Labute approximate surface area is 172 Å². The molecule has 6 heteroatoms. The molecule has 29 heavy (non-hydrogen) atoms. The third kappa shape index (κ3) is 6.32. The van der Waals surface area contributed by atoms with Crippen LogP contribution in [0.25, 0.3) is 0 Å². The van der Waals surface area contributed by atoms with Crippen LogP contribution in [0.3, 0.4) is 0 Å². The lowest BCUT2D eigenvalue weighted by Crippen LogP contribution is -2.33. The van der Waals surface area contributed by atoms with Crippen LogP contribution in [-0.2, 0) is 16.1 Å². The first-order valence-corrected chi connectivity index (χ1v) is 10.2. The van der Waals surface area contributed by atoms with Crippen LogP contribution in [0.15, 0.2) is 48.5 Å². The summed E-state index contributed by atoms with van der Waals surface area (Å²) in [4.78, 5) is 28.0. The smallest absolute Gasteiger partial charge is 0.238 e. The highest BCUT2D eigenvalue weighted by Gasteiger charge is 2.16. The van der Waals surface area contributed by atoms with Crippen molar-refractivity contribution >= 4 is 28.9 Å². The fraction of sp³-hybridized carbons (Fsp3) is 0.391. The summed E-state index contributed by atoms with van der Waals surface area (Å²) in [6, 6.07) is 15.6. The molecule has 0 atom stereocenters. The molecule has 1 aliphatic rings. The number of likely N-dealkylation sites (N-methyl/N-ethyl adjacent to an activating group) is 1. The van der Waals surface area contributed by atoms with Gasteiger partial charge in [-0.15, -0.1) is 0 Å². The molecule has 0 spiro atoms. The average Bonchev–Trinajstić information content (AvgIpc) is 2.70. The first-order valence-electron chi connectivity index (χ1n) is 10.2. The van der Waals surface area contributed by atoms with E-state index in [0.29, 0.717) is 17.9 Å². The molecule has 1 heterocycles. The minimum absolute atomic E-state index is 0.0600. The molecule has 1 fully saturated rings. The van der Waals surface area contributed by atoms with Crippen molar-refractivity contribution in [3.63, 3.8) is 0 Å². The number of carbonyl (C=O) groups excluding carboxylic acids is 2. The first kappa shape index (κ1) is 20.9. The van der Waals surface area contributed by atoms with E-state index in [1.165, 1.54) is 37.4 Å². The molecular weight excluding hydrogens is 364 g/mol. The van der Waals surface area contributed by atoms with Crippen molar-refractivity contribution in [2.75, 3.05) is 42.2 Å². The molecule has 0 radical (unpaired) electrons. The van der Waals surface area contributed by atoms with Crippen LogP contribution < -0.4 is 15.5 Å². The first-order chi connectivity index (χ1) is 14.0. The van der Waals surface area contributed by atoms with Gasteiger partial charge < -0.3 is 15.5 Å². The van der Waals surface area contributed by atoms with Gasteiger partial charge in [0.15, 0.2) is 0 Å². The highest BCUT2D eigenvalue weighted by atomic mass is 16.2. The minimum Gasteiger partial charge on any atom is -0.371 e. The molecule has 1 aliphatic heterocycles. The monoisotopic (exact) mass is 394 g/mol. The van der Waals surface area contributed by atoms with Crippen LogP contribution in [0.1, 0.15) is 31.7 Å². The number of anilines is 3. The maximum atomic E-state index is 12.4. The highest BCUT2D eigenvalue weighted by Crippen LogP contribution is 2.25. The summed E-state index contributed by atoms with van der Waals surface area (Å²) in [7, 11) is 1.96. The number of nitrogens with one attached hydrogen (secondary N) is 2. The van der Waals surface area contributed by atoms with Crippen molar-refractivity contribution in [3.8, 4) is 0 Å². The van der Waals surface area contributed by atoms with E-state index >= 15 is 0 Å². The Morgan fingerprint density at radius 2 is 1.55 bits per heavy atom. The van der Waals surface area contributed by atoms with Gasteiger partial charge >= 0.3 is 0 Å². The quantitative estimate of drug-likeness (QED) is 0.751. The molecule has 2 amide bonds. The standard InChI is InChI=1S/C23H30N4O2/c1-18(28)24-20-10-12-21(13-11-20)25-23(29)17-26(2)16-19-8-4-5-9-22(19)27-14-6-3-7-15-27/h4-5,8-13H,3,6-7,14-17H2,1-2H3,(H,24,28)(H,25,29). The fourth-order valence-corrected chi connectivity index (χ4v) is 3.72. The Bertz CT molecular complexity index is 829. The summed E-state index contributed by atoms with van der Waals surface area (Å²) in [5.74, 6) is -0.177. The van der Waals surface area contributed by atoms with Gasteiger partial charge in [0.05, 0.1) is 6.54 Å². The molecule has 0 bridgehead atoms. The van der Waals surface area contributed by atoms with Crippen molar-refractivity contribution in [1.29, 1.82) is 0 Å². The van der Waals surface area contributed by atoms with Crippen LogP contribution in [0.4, 0.5) is 17.1 Å². The van der Waals surface area contributed by atoms with Crippen molar-refractivity contribution in [2.24, 2.45) is 0 Å². The summed E-state index contributed by atoms with van der Waals surface area (Å²) in [6.45, 7) is 4.71. The fourth-order valence-electron chi connectivity index (χ4n) is 3.72. The molecule has 3 rings (SSSR count). The molecule has 2 aromatic rings. The Balaban J connectivity index is 1.54. The van der Waals surface area contributed by atoms with Gasteiger partial charge in [0.1, 0.15) is 0 Å². The van der Waals surface area contributed by atoms with Crippen molar-refractivity contribution < 1.29 is 9.59 Å². The number of amides is 2. The summed E-state index contributed by atoms with van der Waals surface area (Å²) in [6.07, 6.45) is 3.80. The zero-order valence-electron chi connectivity index (χ0n) is 17.3. The van der Waals surface area contributed by atoms with Crippen LogP contribution in [0.5, 0.6) is 0 Å². The van der Waals surface area contributed by atoms with Crippen LogP contribution >= 0.6 is 0 Å². The molecule has 2 N–H and O–H groups in total. The lowest BCUT2D eigenvalue weighted by molar-refractivity contribution is -0.117. The largest absolute Gasteiger partial charge is 0.371 e. The second-order valence-electron chi connectivity index (χ2n) is 7.66. The SMILES string of the molecule is CC(=O)Nc1ccc(NC(=O)CN(C)Cc2ccccc2N2CCCCC2)cc1. The lowest BCUT2D eigenvalue weighted by atomic mass is 10.1. The second-order valence-corrected chi connectivity index (χ2v) is 7.66. The zero-order valence-corrected chi connectivity index (χ0v) is 17.3. The minimum atomic E-state index is -0.117. The van der Waals surface area contributed by atoms with Gasteiger partial charge in [0.2, 0.25) is 11.8 Å². The molecule has 0 aromatic heterocycles. The van der Waals surface area contributed by atoms with Crippen LogP contribution in [0, 0.1) is 0 Å². The van der Waals surface area contributed by atoms with Gasteiger partial charge in [-0.25, -0.2) is 0 Å². The van der Waals surface area contributed by atoms with Crippen LogP contribution in [-0.4, -0.2) is 43.4 Å². The van der Waals surface area contributed by atoms with Crippen LogP contribution in [0.2, 0.25) is 0 Å². The third-order valence-electron chi connectivity index (χ3n) is 5.03. The molecule has 0 unspecified atom stereocenters. The number of para-hydroxylation sites is 1. The molecule has 0 saturated carbocycles. The topological polar surface area (TPSA) is 64.7 Å². The van der Waals surface area contributed by atoms with Crippen molar-refractivity contribution in [1.82, 2.24) is 4.90 Å². The predicted octanol–water partition coefficient (Wildman–Crippen LogP) is 3.71. The highest BCUT2D eigenvalue weighted by molar-refractivity contribution is 5.93. The Morgan fingerprint density at radius 3 is 2.21 bits per heavy atom. The molecular formula is C23H30N4O2. The lowest BCUT2D eigenvalue weighted by Gasteiger charge is -2.31. The number of benzene rings is 2. The normalized spacial score (nSPS) is 14.0. The molecule has 154 valence electrons. The number of piperidine rings is 1. The number of carbonyl (C=O) groups is 2. The summed E-state index contributed by atoms with van der Waals surface area (Å²) in [5, 5.41) is 5.63. The maximum absolute atomic E-state index is 12.4. The van der Waals surface area contributed by atoms with E-state index in [0.717, 1.165) is 19.6 Å². The van der Waals surface area contributed by atoms with E-state index in [1.54, 1.807) is 24.3 Å². The van der Waals surface area contributed by atoms with E-state index in [4.69, 9.17) is 0 Å². The van der Waals surface area contributed by atoms with E-state index < -0.39 is 0 Å². The molecule has 2 aromatic carbocycles. The summed E-state index contributed by atoms with van der Waals surface area (Å²) in [5.41, 5.74) is 3.96. The number of hydrogen-bond acceptors (Lipinski definition) is 4. The van der Waals surface area contributed by atoms with Gasteiger partial charge in [-0.3, -0.25) is 14.5 Å². The van der Waals surface area contributed by atoms with Gasteiger partial charge in [0, 0.05) is 43.6 Å². The number of rotatable bonds is 7. The van der Waals surface area contributed by atoms with E-state index in [2.05, 4.69) is 39.8 Å². The number of hydrogen-bond donors (Lipinski definition) is 2. The predicted molar refractivity (Wildman–Crippen MR) is 118 cm³/mol. The second kappa shape index (κ2) is 10.1. The molecule has 0 aliphatic carbocycles. The van der Waals surface area contributed by atoms with Gasteiger partial charge in [-0.2, -0.15) is 0 Å². The van der Waals surface area contributed by atoms with Gasteiger partial charge in [0.25, 0.3) is 0 Å². The van der Waals surface area contributed by atoms with Gasteiger partial charge in [-0.05, 0) is 62.2 Å². The summed E-state index contributed by atoms with van der Waals surface area (Å²) < 4.78 is 0. The Morgan fingerprint density at radius 1 is 0.931 bits per heavy atom. The van der Waals surface area contributed by atoms with Crippen molar-refractivity contribution in [3.05, 3.63) is 54.1 Å². The maximum Gasteiger partial charge on any atom is 0.238 e. The third-order valence-corrected chi connectivity index (χ3v) is 5.03. The van der Waals surface area contributed by atoms with E-state index in [9.17, 15) is 9.59 Å². The average molecular weight is 395 g/mol.